The summed E-state index contributed by atoms with van der Waals surface area (Å²) in [5.74, 6) is 5.88. The van der Waals surface area contributed by atoms with Crippen LogP contribution in [-0.2, 0) is 16.1 Å². The Balaban J connectivity index is 1.09. The Morgan fingerprint density at radius 2 is 1.84 bits per heavy atom. The normalized spacial score (nSPS) is 22.3. The minimum atomic E-state index is -0.639. The van der Waals surface area contributed by atoms with Gasteiger partial charge in [-0.25, -0.2) is 0 Å². The van der Waals surface area contributed by atoms with Crippen LogP contribution in [0.4, 0.5) is 0 Å². The minimum Gasteiger partial charge on any atom is -0.337 e. The number of fused-ring (bicyclic) bond motifs is 1. The lowest BCUT2D eigenvalue weighted by Gasteiger charge is -2.29. The summed E-state index contributed by atoms with van der Waals surface area (Å²) in [5, 5.41) is 6.85. The Bertz CT molecular complexity index is 1340. The largest absolute Gasteiger partial charge is 0.337 e. The molecule has 1 aliphatic carbocycles. The van der Waals surface area contributed by atoms with Crippen molar-refractivity contribution in [2.75, 3.05) is 13.1 Å². The molecule has 190 valence electrons. The SMILES string of the molecule is O=C1CCC(N2Cc3c(C#CC4CCN(C(=O)c5ccn(C6CCC6)n5)CC4)cccc3C2=O)C(=O)N1. The van der Waals surface area contributed by atoms with Crippen molar-refractivity contribution in [2.45, 2.75) is 63.6 Å². The van der Waals surface area contributed by atoms with E-state index in [1.807, 2.05) is 34.0 Å². The van der Waals surface area contributed by atoms with Gasteiger partial charge in [-0.3, -0.25) is 29.2 Å². The molecule has 6 rings (SSSR count). The second kappa shape index (κ2) is 9.51. The molecule has 1 unspecified atom stereocenters. The summed E-state index contributed by atoms with van der Waals surface area (Å²) in [5.41, 5.74) is 2.71. The summed E-state index contributed by atoms with van der Waals surface area (Å²) in [7, 11) is 0. The van der Waals surface area contributed by atoms with Crippen LogP contribution in [0.25, 0.3) is 0 Å². The van der Waals surface area contributed by atoms with E-state index in [9.17, 15) is 19.2 Å². The highest BCUT2D eigenvalue weighted by molar-refractivity contribution is 6.05. The number of carbonyl (C=O) groups is 4. The van der Waals surface area contributed by atoms with Crippen LogP contribution < -0.4 is 5.32 Å². The fourth-order valence-electron chi connectivity index (χ4n) is 5.58. The van der Waals surface area contributed by atoms with Crippen molar-refractivity contribution in [1.82, 2.24) is 24.9 Å². The van der Waals surface area contributed by atoms with Gasteiger partial charge in [0.2, 0.25) is 11.8 Å². The maximum Gasteiger partial charge on any atom is 0.274 e. The van der Waals surface area contributed by atoms with Gasteiger partial charge in [0.1, 0.15) is 11.7 Å². The molecule has 9 nitrogen and oxygen atoms in total. The predicted molar refractivity (Wildman–Crippen MR) is 133 cm³/mol. The fourth-order valence-corrected chi connectivity index (χ4v) is 5.58. The van der Waals surface area contributed by atoms with Crippen molar-refractivity contribution in [2.24, 2.45) is 5.92 Å². The van der Waals surface area contributed by atoms with E-state index in [1.165, 1.54) is 6.42 Å². The van der Waals surface area contributed by atoms with Gasteiger partial charge in [-0.15, -0.1) is 0 Å². The van der Waals surface area contributed by atoms with Gasteiger partial charge >= 0.3 is 0 Å². The predicted octanol–water partition coefficient (Wildman–Crippen LogP) is 2.27. The van der Waals surface area contributed by atoms with Crippen LogP contribution in [0.15, 0.2) is 30.5 Å². The molecule has 0 bridgehead atoms. The lowest BCUT2D eigenvalue weighted by Crippen LogP contribution is -2.52. The molecular weight excluding hydrogens is 470 g/mol. The Morgan fingerprint density at radius 1 is 1.03 bits per heavy atom. The highest BCUT2D eigenvalue weighted by Gasteiger charge is 2.39. The second-order valence-electron chi connectivity index (χ2n) is 10.3. The lowest BCUT2D eigenvalue weighted by atomic mass is 9.93. The third-order valence-electron chi connectivity index (χ3n) is 8.05. The van der Waals surface area contributed by atoms with Crippen LogP contribution in [0.3, 0.4) is 0 Å². The summed E-state index contributed by atoms with van der Waals surface area (Å²) in [4.78, 5) is 53.2. The number of hydrogen-bond donors (Lipinski definition) is 1. The van der Waals surface area contributed by atoms with Crippen LogP contribution in [-0.4, -0.2) is 62.3 Å². The van der Waals surface area contributed by atoms with Crippen molar-refractivity contribution in [1.29, 1.82) is 0 Å². The highest BCUT2D eigenvalue weighted by Crippen LogP contribution is 2.31. The average molecular weight is 500 g/mol. The topological polar surface area (TPSA) is 105 Å². The summed E-state index contributed by atoms with van der Waals surface area (Å²) in [6.45, 7) is 1.60. The van der Waals surface area contributed by atoms with Crippen LogP contribution in [0.1, 0.15) is 83.0 Å². The van der Waals surface area contributed by atoms with Gasteiger partial charge in [0.05, 0.1) is 6.04 Å². The van der Waals surface area contributed by atoms with Crippen molar-refractivity contribution in [3.63, 3.8) is 0 Å². The fraction of sp³-hybridized carbons (Fsp3) is 0.464. The minimum absolute atomic E-state index is 0.0163. The summed E-state index contributed by atoms with van der Waals surface area (Å²) in [6.07, 6.45) is 7.55. The zero-order valence-corrected chi connectivity index (χ0v) is 20.6. The molecule has 2 aromatic rings. The maximum atomic E-state index is 13.0. The number of carbonyl (C=O) groups excluding carboxylic acids is 4. The lowest BCUT2D eigenvalue weighted by molar-refractivity contribution is -0.136. The van der Waals surface area contributed by atoms with Gasteiger partial charge in [0.25, 0.3) is 11.8 Å². The summed E-state index contributed by atoms with van der Waals surface area (Å²) >= 11 is 0. The number of aromatic nitrogens is 2. The molecule has 3 aliphatic heterocycles. The van der Waals surface area contributed by atoms with E-state index < -0.39 is 11.9 Å². The van der Waals surface area contributed by atoms with Crippen molar-refractivity contribution in [3.05, 3.63) is 52.8 Å². The molecule has 37 heavy (non-hydrogen) atoms. The zero-order valence-electron chi connectivity index (χ0n) is 20.6. The van der Waals surface area contributed by atoms with Crippen LogP contribution in [0, 0.1) is 17.8 Å². The van der Waals surface area contributed by atoms with Gasteiger partial charge in [-0.05, 0) is 62.3 Å². The van der Waals surface area contributed by atoms with E-state index in [0.717, 1.165) is 36.8 Å². The molecular formula is C28H29N5O4. The number of nitrogens with zero attached hydrogens (tertiary/aromatic N) is 4. The monoisotopic (exact) mass is 499 g/mol. The number of rotatable bonds is 3. The molecule has 0 spiro atoms. The van der Waals surface area contributed by atoms with Crippen molar-refractivity contribution >= 4 is 23.6 Å². The molecule has 1 aromatic carbocycles. The molecule has 4 heterocycles. The van der Waals surface area contributed by atoms with Crippen molar-refractivity contribution in [3.8, 4) is 11.8 Å². The van der Waals surface area contributed by atoms with E-state index in [0.29, 0.717) is 43.4 Å². The second-order valence-corrected chi connectivity index (χ2v) is 10.3. The third-order valence-corrected chi connectivity index (χ3v) is 8.05. The smallest absolute Gasteiger partial charge is 0.274 e. The molecule has 4 aliphatic rings. The van der Waals surface area contributed by atoms with E-state index in [1.54, 1.807) is 11.0 Å². The Morgan fingerprint density at radius 3 is 2.57 bits per heavy atom. The van der Waals surface area contributed by atoms with Crippen LogP contribution in [0.2, 0.25) is 0 Å². The standard InChI is InChI=1S/C28H29N5O4/c34-25-10-9-24(26(35)29-25)32-17-22-19(3-1-6-21(22)27(32)36)8-7-18-11-14-31(15-12-18)28(37)23-13-16-33(30-23)20-4-2-5-20/h1,3,6,13,16,18,20,24H,2,4-5,9-12,14-15,17H2,(H,29,34,35). The Kier molecular flexibility index (Phi) is 6.03. The number of piperidine rings is 2. The van der Waals surface area contributed by atoms with E-state index >= 15 is 0 Å². The van der Waals surface area contributed by atoms with Crippen molar-refractivity contribution < 1.29 is 19.2 Å². The van der Waals surface area contributed by atoms with Crippen LogP contribution >= 0.6 is 0 Å². The number of amides is 4. The quantitative estimate of drug-likeness (QED) is 0.515. The van der Waals surface area contributed by atoms with Gasteiger partial charge < -0.3 is 9.80 Å². The summed E-state index contributed by atoms with van der Waals surface area (Å²) < 4.78 is 1.93. The molecule has 1 N–H and O–H groups in total. The zero-order chi connectivity index (χ0) is 25.5. The molecule has 9 heteroatoms. The number of imide groups is 1. The first kappa shape index (κ1) is 23.5. The van der Waals surface area contributed by atoms with Gasteiger partial charge in [0, 0.05) is 49.3 Å². The Labute approximate surface area is 215 Å². The molecule has 1 saturated carbocycles. The number of nitrogens with one attached hydrogen (secondary N) is 1. The number of benzene rings is 1. The molecule has 1 aromatic heterocycles. The third kappa shape index (κ3) is 4.41. The number of hydrogen-bond acceptors (Lipinski definition) is 5. The molecule has 4 amide bonds. The first-order valence-corrected chi connectivity index (χ1v) is 13.1. The number of likely N-dealkylation sites (tertiary alicyclic amines) is 1. The van der Waals surface area contributed by atoms with Gasteiger partial charge in [-0.1, -0.05) is 17.9 Å². The van der Waals surface area contributed by atoms with E-state index in [4.69, 9.17) is 0 Å². The molecule has 0 radical (unpaired) electrons. The maximum absolute atomic E-state index is 13.0. The van der Waals surface area contributed by atoms with E-state index in [-0.39, 0.29) is 30.1 Å². The summed E-state index contributed by atoms with van der Waals surface area (Å²) in [6, 6.07) is 7.12. The first-order chi connectivity index (χ1) is 18.0. The molecule has 1 atom stereocenters. The highest BCUT2D eigenvalue weighted by atomic mass is 16.2. The van der Waals surface area contributed by atoms with E-state index in [2.05, 4.69) is 22.3 Å². The average Bonchev–Trinajstić information content (AvgIpc) is 3.47. The first-order valence-electron chi connectivity index (χ1n) is 13.1. The molecule has 3 fully saturated rings. The van der Waals surface area contributed by atoms with Gasteiger partial charge in [0.15, 0.2) is 0 Å². The molecule has 2 saturated heterocycles. The Hall–Kier alpha value is -3.93. The van der Waals surface area contributed by atoms with Crippen LogP contribution in [0.5, 0.6) is 0 Å². The van der Waals surface area contributed by atoms with Gasteiger partial charge in [-0.2, -0.15) is 5.10 Å².